The molecule has 0 unspecified atom stereocenters. The lowest BCUT2D eigenvalue weighted by molar-refractivity contribution is 0.102. The fraction of sp³-hybridized carbons (Fsp3) is 0.0526. The van der Waals surface area contributed by atoms with Crippen LogP contribution in [0.5, 0.6) is 0 Å². The zero-order valence-corrected chi connectivity index (χ0v) is 15.0. The summed E-state index contributed by atoms with van der Waals surface area (Å²) < 4.78 is 14.4. The van der Waals surface area contributed by atoms with Crippen LogP contribution >= 0.6 is 15.9 Å². The van der Waals surface area contributed by atoms with Crippen LogP contribution in [-0.2, 0) is 0 Å². The molecule has 3 rings (SSSR count). The largest absolute Gasteiger partial charge is 0.329 e. The maximum Gasteiger partial charge on any atom is 0.257 e. The van der Waals surface area contributed by atoms with E-state index in [1.165, 1.54) is 18.3 Å². The van der Waals surface area contributed by atoms with E-state index in [0.717, 1.165) is 5.69 Å². The number of carbonyl (C=O) groups is 1. The van der Waals surface area contributed by atoms with Crippen molar-refractivity contribution in [2.24, 2.45) is 0 Å². The van der Waals surface area contributed by atoms with Gasteiger partial charge in [0, 0.05) is 23.4 Å². The van der Waals surface area contributed by atoms with Crippen molar-refractivity contribution < 1.29 is 9.18 Å². The summed E-state index contributed by atoms with van der Waals surface area (Å²) in [4.78, 5) is 18.5. The van der Waals surface area contributed by atoms with Gasteiger partial charge in [-0.05, 0) is 42.5 Å². The number of carbonyl (C=O) groups excluding carboxylic acids is 1. The number of nitrogens with zero attached hydrogens (tertiary/aromatic N) is 2. The van der Waals surface area contributed by atoms with Gasteiger partial charge in [0.05, 0.1) is 11.3 Å². The number of pyridine rings is 1. The second-order valence-electron chi connectivity index (χ2n) is 5.38. The highest BCUT2D eigenvalue weighted by molar-refractivity contribution is 9.10. The minimum atomic E-state index is -0.504. The molecule has 2 aromatic carbocycles. The Kier molecular flexibility index (Phi) is 5.09. The van der Waals surface area contributed by atoms with Crippen LogP contribution in [0.2, 0.25) is 0 Å². The highest BCUT2D eigenvalue weighted by Gasteiger charge is 2.11. The molecule has 1 amide bonds. The Balaban J connectivity index is 1.74. The molecule has 0 saturated carbocycles. The highest BCUT2D eigenvalue weighted by Crippen LogP contribution is 2.22. The second-order valence-corrected chi connectivity index (χ2v) is 6.29. The Morgan fingerprint density at radius 3 is 2.52 bits per heavy atom. The molecule has 25 heavy (non-hydrogen) atoms. The van der Waals surface area contributed by atoms with Crippen LogP contribution in [-0.4, -0.2) is 17.9 Å². The van der Waals surface area contributed by atoms with Crippen LogP contribution in [0.4, 0.5) is 21.6 Å². The lowest BCUT2D eigenvalue weighted by Gasteiger charge is -2.18. The van der Waals surface area contributed by atoms with Gasteiger partial charge in [0.25, 0.3) is 5.91 Å². The number of para-hydroxylation sites is 1. The van der Waals surface area contributed by atoms with Crippen LogP contribution in [0, 0.1) is 5.82 Å². The molecule has 0 aliphatic rings. The molecule has 0 fully saturated rings. The summed E-state index contributed by atoms with van der Waals surface area (Å²) in [6.07, 6.45) is 1.47. The van der Waals surface area contributed by atoms with E-state index in [1.54, 1.807) is 18.2 Å². The molecule has 6 heteroatoms. The number of rotatable bonds is 4. The number of hydrogen-bond acceptors (Lipinski definition) is 3. The number of benzene rings is 2. The molecule has 1 N–H and O–H groups in total. The third kappa shape index (κ3) is 4.03. The Labute approximate surface area is 153 Å². The molecule has 126 valence electrons. The van der Waals surface area contributed by atoms with Crippen molar-refractivity contribution in [2.45, 2.75) is 0 Å². The first-order valence-electron chi connectivity index (χ1n) is 7.56. The number of hydrogen-bond donors (Lipinski definition) is 1. The predicted octanol–water partition coefficient (Wildman–Crippen LogP) is 5.00. The molecule has 1 heterocycles. The van der Waals surface area contributed by atoms with E-state index in [-0.39, 0.29) is 5.69 Å². The minimum absolute atomic E-state index is 0.124. The van der Waals surface area contributed by atoms with E-state index in [4.69, 9.17) is 0 Å². The lowest BCUT2D eigenvalue weighted by atomic mass is 10.2. The van der Waals surface area contributed by atoms with Gasteiger partial charge in [-0.1, -0.05) is 34.1 Å². The van der Waals surface area contributed by atoms with Crippen LogP contribution in [0.1, 0.15) is 10.4 Å². The monoisotopic (exact) mass is 399 g/mol. The molecule has 0 atom stereocenters. The average molecular weight is 400 g/mol. The van der Waals surface area contributed by atoms with Crippen molar-refractivity contribution in [2.75, 3.05) is 17.3 Å². The van der Waals surface area contributed by atoms with Crippen molar-refractivity contribution >= 4 is 39.0 Å². The first-order valence-corrected chi connectivity index (χ1v) is 8.35. The number of halogens is 2. The normalized spacial score (nSPS) is 10.4. The van der Waals surface area contributed by atoms with E-state index >= 15 is 0 Å². The zero-order chi connectivity index (χ0) is 17.8. The molecule has 0 bridgehead atoms. The summed E-state index contributed by atoms with van der Waals surface area (Å²) in [5, 5.41) is 2.55. The predicted molar refractivity (Wildman–Crippen MR) is 101 cm³/mol. The zero-order valence-electron chi connectivity index (χ0n) is 13.4. The van der Waals surface area contributed by atoms with E-state index in [9.17, 15) is 9.18 Å². The van der Waals surface area contributed by atoms with Crippen LogP contribution < -0.4 is 10.2 Å². The average Bonchev–Trinajstić information content (AvgIpc) is 2.64. The third-order valence-electron chi connectivity index (χ3n) is 3.68. The number of anilines is 3. The van der Waals surface area contributed by atoms with Crippen molar-refractivity contribution in [3.63, 3.8) is 0 Å². The summed E-state index contributed by atoms with van der Waals surface area (Å²) in [5.74, 6) is -0.212. The summed E-state index contributed by atoms with van der Waals surface area (Å²) in [6.45, 7) is 0. The van der Waals surface area contributed by atoms with Gasteiger partial charge in [-0.15, -0.1) is 0 Å². The molecule has 1 aromatic heterocycles. The molecule has 0 spiro atoms. The van der Waals surface area contributed by atoms with E-state index in [1.807, 2.05) is 42.3 Å². The fourth-order valence-corrected chi connectivity index (χ4v) is 2.62. The van der Waals surface area contributed by atoms with Crippen molar-refractivity contribution in [1.29, 1.82) is 0 Å². The molecule has 0 saturated heterocycles. The van der Waals surface area contributed by atoms with Gasteiger partial charge in [0.1, 0.15) is 11.6 Å². The Morgan fingerprint density at radius 1 is 1.12 bits per heavy atom. The van der Waals surface area contributed by atoms with Crippen LogP contribution in [0.3, 0.4) is 0 Å². The Hall–Kier alpha value is -2.73. The smallest absolute Gasteiger partial charge is 0.257 e. The molecule has 0 aliphatic carbocycles. The summed E-state index contributed by atoms with van der Waals surface area (Å²) in [5.41, 5.74) is 1.47. The van der Waals surface area contributed by atoms with Gasteiger partial charge in [-0.25, -0.2) is 9.37 Å². The van der Waals surface area contributed by atoms with E-state index < -0.39 is 11.7 Å². The maximum atomic E-state index is 13.8. The first-order chi connectivity index (χ1) is 12.0. The Morgan fingerprint density at radius 2 is 1.88 bits per heavy atom. The quantitative estimate of drug-likeness (QED) is 0.670. The minimum Gasteiger partial charge on any atom is -0.329 e. The van der Waals surface area contributed by atoms with Gasteiger partial charge in [-0.3, -0.25) is 4.79 Å². The van der Waals surface area contributed by atoms with Gasteiger partial charge in [-0.2, -0.15) is 0 Å². The standard InChI is InChI=1S/C19H15BrFN3O/c1-24(15-5-3-2-4-6-15)18-10-7-13(12-22-18)19(25)23-17-9-8-14(20)11-16(17)21/h2-12H,1H3,(H,23,25). The molecular formula is C19H15BrFN3O. The third-order valence-corrected chi connectivity index (χ3v) is 4.17. The number of nitrogens with one attached hydrogen (secondary N) is 1. The number of aromatic nitrogens is 1. The number of amides is 1. The SMILES string of the molecule is CN(c1ccccc1)c1ccc(C(=O)Nc2ccc(Br)cc2F)cn1. The summed E-state index contributed by atoms with van der Waals surface area (Å²) in [7, 11) is 1.90. The van der Waals surface area contributed by atoms with Gasteiger partial charge < -0.3 is 10.2 Å². The first kappa shape index (κ1) is 17.1. The highest BCUT2D eigenvalue weighted by atomic mass is 79.9. The second kappa shape index (κ2) is 7.44. The molecule has 3 aromatic rings. The van der Waals surface area contributed by atoms with Crippen molar-refractivity contribution in [3.05, 3.63) is 82.7 Å². The van der Waals surface area contributed by atoms with E-state index in [2.05, 4.69) is 26.2 Å². The van der Waals surface area contributed by atoms with Crippen molar-refractivity contribution in [3.8, 4) is 0 Å². The summed E-state index contributed by atoms with van der Waals surface area (Å²) >= 11 is 3.18. The van der Waals surface area contributed by atoms with Gasteiger partial charge in [0.2, 0.25) is 0 Å². The van der Waals surface area contributed by atoms with Crippen molar-refractivity contribution in [1.82, 2.24) is 4.98 Å². The summed E-state index contributed by atoms with van der Waals surface area (Å²) in [6, 6.07) is 17.6. The molecule has 0 aliphatic heterocycles. The molecule has 0 radical (unpaired) electrons. The fourth-order valence-electron chi connectivity index (χ4n) is 2.29. The van der Waals surface area contributed by atoms with Gasteiger partial charge in [0.15, 0.2) is 0 Å². The van der Waals surface area contributed by atoms with Crippen LogP contribution in [0.15, 0.2) is 71.3 Å². The lowest BCUT2D eigenvalue weighted by Crippen LogP contribution is -2.15. The topological polar surface area (TPSA) is 45.2 Å². The molecule has 4 nitrogen and oxygen atoms in total. The molecular weight excluding hydrogens is 385 g/mol. The Bertz CT molecular complexity index is 885. The van der Waals surface area contributed by atoms with Crippen LogP contribution in [0.25, 0.3) is 0 Å². The van der Waals surface area contributed by atoms with Gasteiger partial charge >= 0.3 is 0 Å². The maximum absolute atomic E-state index is 13.8. The van der Waals surface area contributed by atoms with E-state index in [0.29, 0.717) is 15.9 Å².